The summed E-state index contributed by atoms with van der Waals surface area (Å²) in [6, 6.07) is 8.66. The Kier molecular flexibility index (Phi) is 7.49. The van der Waals surface area contributed by atoms with Crippen molar-refractivity contribution < 1.29 is 9.59 Å². The Morgan fingerprint density at radius 1 is 1.04 bits per heavy atom. The predicted octanol–water partition coefficient (Wildman–Crippen LogP) is 2.80. The summed E-state index contributed by atoms with van der Waals surface area (Å²) < 4.78 is 0. The van der Waals surface area contributed by atoms with Gasteiger partial charge in [-0.2, -0.15) is 0 Å². The zero-order chi connectivity index (χ0) is 19.9. The van der Waals surface area contributed by atoms with Crippen LogP contribution in [0, 0.1) is 5.92 Å². The Hall–Kier alpha value is -1.88. The fraction of sp³-hybridized carbons (Fsp3) is 0.652. The number of hydrogen-bond acceptors (Lipinski definition) is 3. The van der Waals surface area contributed by atoms with Crippen LogP contribution >= 0.6 is 0 Å². The lowest BCUT2D eigenvalue weighted by Crippen LogP contribution is -2.45. The molecule has 1 N–H and O–H groups in total. The van der Waals surface area contributed by atoms with E-state index >= 15 is 0 Å². The number of piperidine rings is 1. The fourth-order valence-corrected chi connectivity index (χ4v) is 4.21. The van der Waals surface area contributed by atoms with Crippen LogP contribution in [-0.4, -0.2) is 60.9 Å². The van der Waals surface area contributed by atoms with Gasteiger partial charge in [0.2, 0.25) is 11.8 Å². The van der Waals surface area contributed by atoms with E-state index < -0.39 is 0 Å². The molecule has 2 saturated heterocycles. The number of amides is 2. The maximum absolute atomic E-state index is 12.5. The quantitative estimate of drug-likeness (QED) is 0.785. The first-order valence-electron chi connectivity index (χ1n) is 10.9. The third-order valence-electron chi connectivity index (χ3n) is 6.10. The lowest BCUT2D eigenvalue weighted by atomic mass is 9.95. The summed E-state index contributed by atoms with van der Waals surface area (Å²) in [5.41, 5.74) is 2.60. The van der Waals surface area contributed by atoms with Gasteiger partial charge < -0.3 is 10.2 Å². The first-order chi connectivity index (χ1) is 13.5. The molecule has 2 fully saturated rings. The summed E-state index contributed by atoms with van der Waals surface area (Å²) in [5.74, 6) is 1.13. The van der Waals surface area contributed by atoms with Crippen LogP contribution < -0.4 is 5.32 Å². The second-order valence-corrected chi connectivity index (χ2v) is 8.58. The standard InChI is InChI=1S/C23H35N3O2/c1-18(2)20-7-5-19(6-8-20)9-12-24-22(27)17-25-15-10-21(11-16-25)23(28)26-13-3-4-14-26/h5-8,18,21H,3-4,9-17H2,1-2H3,(H,24,27). The maximum atomic E-state index is 12.5. The number of nitrogens with zero attached hydrogens (tertiary/aromatic N) is 2. The molecule has 28 heavy (non-hydrogen) atoms. The summed E-state index contributed by atoms with van der Waals surface area (Å²) >= 11 is 0. The van der Waals surface area contributed by atoms with E-state index in [1.54, 1.807) is 0 Å². The Labute approximate surface area is 169 Å². The lowest BCUT2D eigenvalue weighted by Gasteiger charge is -2.32. The molecule has 0 spiro atoms. The van der Waals surface area contributed by atoms with E-state index in [1.807, 2.05) is 4.90 Å². The molecule has 0 unspecified atom stereocenters. The molecule has 0 saturated carbocycles. The van der Waals surface area contributed by atoms with Gasteiger partial charge in [0.15, 0.2) is 0 Å². The van der Waals surface area contributed by atoms with E-state index in [4.69, 9.17) is 0 Å². The van der Waals surface area contributed by atoms with Crippen molar-refractivity contribution in [3.05, 3.63) is 35.4 Å². The van der Waals surface area contributed by atoms with Crippen molar-refractivity contribution in [2.45, 2.75) is 51.9 Å². The number of carbonyl (C=O) groups is 2. The van der Waals surface area contributed by atoms with E-state index in [2.05, 4.69) is 48.3 Å². The molecule has 2 heterocycles. The summed E-state index contributed by atoms with van der Waals surface area (Å²) in [6.07, 6.45) is 4.91. The van der Waals surface area contributed by atoms with Crippen molar-refractivity contribution in [2.24, 2.45) is 5.92 Å². The average molecular weight is 386 g/mol. The SMILES string of the molecule is CC(C)c1ccc(CCNC(=O)CN2CCC(C(=O)N3CCCC3)CC2)cc1. The molecule has 0 bridgehead atoms. The Bertz CT molecular complexity index is 642. The number of benzene rings is 1. The molecular weight excluding hydrogens is 350 g/mol. The minimum Gasteiger partial charge on any atom is -0.355 e. The van der Waals surface area contributed by atoms with Crippen molar-refractivity contribution in [2.75, 3.05) is 39.3 Å². The molecule has 0 radical (unpaired) electrons. The van der Waals surface area contributed by atoms with Crippen LogP contribution in [0.4, 0.5) is 0 Å². The zero-order valence-corrected chi connectivity index (χ0v) is 17.5. The van der Waals surface area contributed by atoms with Gasteiger partial charge in [0, 0.05) is 25.6 Å². The Morgan fingerprint density at radius 3 is 2.29 bits per heavy atom. The number of nitrogens with one attached hydrogen (secondary N) is 1. The molecule has 2 amide bonds. The topological polar surface area (TPSA) is 52.7 Å². The van der Waals surface area contributed by atoms with Crippen LogP contribution in [0.25, 0.3) is 0 Å². The number of hydrogen-bond donors (Lipinski definition) is 1. The molecular formula is C23H35N3O2. The fourth-order valence-electron chi connectivity index (χ4n) is 4.21. The van der Waals surface area contributed by atoms with E-state index in [0.29, 0.717) is 24.9 Å². The van der Waals surface area contributed by atoms with E-state index in [1.165, 1.54) is 11.1 Å². The van der Waals surface area contributed by atoms with E-state index in [9.17, 15) is 9.59 Å². The van der Waals surface area contributed by atoms with Crippen LogP contribution in [0.3, 0.4) is 0 Å². The number of rotatable bonds is 7. The molecule has 2 aliphatic heterocycles. The predicted molar refractivity (Wildman–Crippen MR) is 112 cm³/mol. The average Bonchev–Trinajstić information content (AvgIpc) is 3.23. The van der Waals surface area contributed by atoms with Crippen LogP contribution in [-0.2, 0) is 16.0 Å². The molecule has 0 atom stereocenters. The van der Waals surface area contributed by atoms with Gasteiger partial charge in [-0.25, -0.2) is 0 Å². The van der Waals surface area contributed by atoms with Crippen molar-refractivity contribution in [3.8, 4) is 0 Å². The minimum absolute atomic E-state index is 0.0862. The monoisotopic (exact) mass is 385 g/mol. The third-order valence-corrected chi connectivity index (χ3v) is 6.10. The zero-order valence-electron chi connectivity index (χ0n) is 17.5. The van der Waals surface area contributed by atoms with Gasteiger partial charge in [0.05, 0.1) is 6.54 Å². The summed E-state index contributed by atoms with van der Waals surface area (Å²) in [7, 11) is 0. The van der Waals surface area contributed by atoms with Crippen molar-refractivity contribution >= 4 is 11.8 Å². The maximum Gasteiger partial charge on any atom is 0.234 e. The highest BCUT2D eigenvalue weighted by Crippen LogP contribution is 2.22. The Morgan fingerprint density at radius 2 is 1.68 bits per heavy atom. The smallest absolute Gasteiger partial charge is 0.234 e. The number of carbonyl (C=O) groups excluding carboxylic acids is 2. The van der Waals surface area contributed by atoms with Crippen LogP contribution in [0.1, 0.15) is 56.6 Å². The van der Waals surface area contributed by atoms with Crippen LogP contribution in [0.15, 0.2) is 24.3 Å². The summed E-state index contributed by atoms with van der Waals surface area (Å²) in [4.78, 5) is 28.9. The van der Waals surface area contributed by atoms with Gasteiger partial charge in [0.25, 0.3) is 0 Å². The summed E-state index contributed by atoms with van der Waals surface area (Å²) in [6.45, 7) is 9.05. The van der Waals surface area contributed by atoms with Crippen molar-refractivity contribution in [1.82, 2.24) is 15.1 Å². The van der Waals surface area contributed by atoms with Crippen LogP contribution in [0.2, 0.25) is 0 Å². The van der Waals surface area contributed by atoms with Gasteiger partial charge in [-0.3, -0.25) is 14.5 Å². The van der Waals surface area contributed by atoms with E-state index in [0.717, 1.165) is 58.3 Å². The number of likely N-dealkylation sites (tertiary alicyclic amines) is 2. The molecule has 5 nitrogen and oxygen atoms in total. The highest BCUT2D eigenvalue weighted by Gasteiger charge is 2.30. The molecule has 0 aromatic heterocycles. The van der Waals surface area contributed by atoms with Gasteiger partial charge in [-0.05, 0) is 62.2 Å². The Balaban J connectivity index is 1.32. The molecule has 1 aromatic rings. The van der Waals surface area contributed by atoms with Crippen molar-refractivity contribution in [3.63, 3.8) is 0 Å². The van der Waals surface area contributed by atoms with Gasteiger partial charge in [0.1, 0.15) is 0 Å². The second-order valence-electron chi connectivity index (χ2n) is 8.58. The molecule has 154 valence electrons. The largest absolute Gasteiger partial charge is 0.355 e. The molecule has 5 heteroatoms. The van der Waals surface area contributed by atoms with Gasteiger partial charge in [-0.1, -0.05) is 38.1 Å². The van der Waals surface area contributed by atoms with Gasteiger partial charge >= 0.3 is 0 Å². The normalized spacial score (nSPS) is 18.6. The highest BCUT2D eigenvalue weighted by molar-refractivity contribution is 5.79. The van der Waals surface area contributed by atoms with Gasteiger partial charge in [-0.15, -0.1) is 0 Å². The minimum atomic E-state index is 0.0862. The molecule has 2 aliphatic rings. The first-order valence-corrected chi connectivity index (χ1v) is 10.9. The van der Waals surface area contributed by atoms with Crippen LogP contribution in [0.5, 0.6) is 0 Å². The van der Waals surface area contributed by atoms with E-state index in [-0.39, 0.29) is 11.8 Å². The van der Waals surface area contributed by atoms with Crippen molar-refractivity contribution in [1.29, 1.82) is 0 Å². The third kappa shape index (κ3) is 5.81. The highest BCUT2D eigenvalue weighted by atomic mass is 16.2. The molecule has 3 rings (SSSR count). The lowest BCUT2D eigenvalue weighted by molar-refractivity contribution is -0.136. The first kappa shape index (κ1) is 20.8. The molecule has 1 aromatic carbocycles. The molecule has 0 aliphatic carbocycles. The summed E-state index contributed by atoms with van der Waals surface area (Å²) in [5, 5.41) is 3.04. The second kappa shape index (κ2) is 10.1.